The van der Waals surface area contributed by atoms with E-state index < -0.39 is 0 Å². The highest BCUT2D eigenvalue weighted by atomic mass is 16.5. The molecule has 0 aliphatic rings. The summed E-state index contributed by atoms with van der Waals surface area (Å²) in [6, 6.07) is 14.2. The molecule has 0 aliphatic carbocycles. The van der Waals surface area contributed by atoms with Crippen molar-refractivity contribution in [2.24, 2.45) is 0 Å². The Labute approximate surface area is 172 Å². The zero-order chi connectivity index (χ0) is 20.6. The van der Waals surface area contributed by atoms with Crippen LogP contribution in [0.25, 0.3) is 11.8 Å². The molecule has 2 aromatic carbocycles. The van der Waals surface area contributed by atoms with Crippen LogP contribution in [0.1, 0.15) is 28.8 Å². The summed E-state index contributed by atoms with van der Waals surface area (Å²) in [6.45, 7) is 4.71. The van der Waals surface area contributed by atoms with Crippen molar-refractivity contribution >= 4 is 12.0 Å². The van der Waals surface area contributed by atoms with Crippen LogP contribution in [-0.4, -0.2) is 29.1 Å². The number of nitrogens with one attached hydrogen (secondary N) is 1. The van der Waals surface area contributed by atoms with Crippen molar-refractivity contribution in [3.05, 3.63) is 83.4 Å². The van der Waals surface area contributed by atoms with E-state index in [0.29, 0.717) is 6.54 Å². The van der Waals surface area contributed by atoms with Gasteiger partial charge in [0, 0.05) is 18.8 Å². The number of ether oxygens (including phenoxy) is 1. The molecular weight excluding hydrogens is 362 g/mol. The third-order valence-electron chi connectivity index (χ3n) is 4.80. The summed E-state index contributed by atoms with van der Waals surface area (Å²) in [7, 11) is 1.64. The number of nitrogens with zero attached hydrogens (tertiary/aromatic N) is 2. The molecule has 0 saturated heterocycles. The Hall–Kier alpha value is -3.34. The van der Waals surface area contributed by atoms with Crippen LogP contribution in [0.3, 0.4) is 0 Å². The van der Waals surface area contributed by atoms with Crippen LogP contribution < -0.4 is 10.1 Å². The number of methoxy groups -OCH3 is 1. The Morgan fingerprint density at radius 3 is 2.76 bits per heavy atom. The average molecular weight is 389 g/mol. The molecule has 0 aliphatic heterocycles. The fourth-order valence-electron chi connectivity index (χ4n) is 3.18. The monoisotopic (exact) mass is 389 g/mol. The first-order valence-electron chi connectivity index (χ1n) is 9.76. The number of amides is 1. The van der Waals surface area contributed by atoms with Gasteiger partial charge in [0.05, 0.1) is 24.8 Å². The predicted octanol–water partition coefficient (Wildman–Crippen LogP) is 4.26. The molecule has 0 fully saturated rings. The molecule has 29 heavy (non-hydrogen) atoms. The summed E-state index contributed by atoms with van der Waals surface area (Å²) in [6.07, 6.45) is 8.93. The second kappa shape index (κ2) is 9.73. The predicted molar refractivity (Wildman–Crippen MR) is 116 cm³/mol. The molecule has 0 radical (unpaired) electrons. The third kappa shape index (κ3) is 5.57. The van der Waals surface area contributed by atoms with Gasteiger partial charge in [0.2, 0.25) is 5.91 Å². The lowest BCUT2D eigenvalue weighted by atomic mass is 10.0. The van der Waals surface area contributed by atoms with Crippen molar-refractivity contribution in [1.82, 2.24) is 14.9 Å². The van der Waals surface area contributed by atoms with Crippen LogP contribution in [0.15, 0.2) is 61.1 Å². The number of carbonyl (C=O) groups excluding carboxylic acids is 1. The summed E-state index contributed by atoms with van der Waals surface area (Å²) in [5.41, 5.74) is 5.37. The van der Waals surface area contributed by atoms with Gasteiger partial charge >= 0.3 is 0 Å². The number of rotatable bonds is 8. The van der Waals surface area contributed by atoms with Gasteiger partial charge < -0.3 is 14.6 Å². The molecule has 0 unspecified atom stereocenters. The van der Waals surface area contributed by atoms with Crippen LogP contribution in [0.2, 0.25) is 0 Å². The van der Waals surface area contributed by atoms with E-state index in [0.717, 1.165) is 35.5 Å². The summed E-state index contributed by atoms with van der Waals surface area (Å²) >= 11 is 0. The smallest absolute Gasteiger partial charge is 0.243 e. The van der Waals surface area contributed by atoms with Crippen LogP contribution in [0.4, 0.5) is 0 Å². The maximum atomic E-state index is 12.1. The fraction of sp³-hybridized carbons (Fsp3) is 0.250. The van der Waals surface area contributed by atoms with Gasteiger partial charge in [0.25, 0.3) is 0 Å². The topological polar surface area (TPSA) is 56.1 Å². The minimum Gasteiger partial charge on any atom is -0.495 e. The zero-order valence-corrected chi connectivity index (χ0v) is 17.2. The molecule has 3 aromatic rings. The Kier molecular flexibility index (Phi) is 6.85. The number of hydrogen-bond acceptors (Lipinski definition) is 3. The highest BCUT2D eigenvalue weighted by Gasteiger charge is 2.06. The first kappa shape index (κ1) is 20.4. The number of aromatic nitrogens is 2. The first-order chi connectivity index (χ1) is 14.1. The van der Waals surface area contributed by atoms with E-state index >= 15 is 0 Å². The zero-order valence-electron chi connectivity index (χ0n) is 17.2. The number of hydrogen-bond donors (Lipinski definition) is 1. The van der Waals surface area contributed by atoms with Gasteiger partial charge in [-0.3, -0.25) is 4.79 Å². The summed E-state index contributed by atoms with van der Waals surface area (Å²) in [5, 5.41) is 2.94. The number of imidazole rings is 1. The minimum absolute atomic E-state index is 0.0944. The Balaban J connectivity index is 1.53. The molecule has 0 atom stereocenters. The van der Waals surface area contributed by atoms with Gasteiger partial charge in [-0.2, -0.15) is 0 Å². The van der Waals surface area contributed by atoms with E-state index in [1.807, 2.05) is 42.0 Å². The third-order valence-corrected chi connectivity index (χ3v) is 4.80. The summed E-state index contributed by atoms with van der Waals surface area (Å²) in [5.74, 6) is 0.631. The number of aryl methyl sites for hydroxylation is 3. The van der Waals surface area contributed by atoms with Gasteiger partial charge in [-0.15, -0.1) is 0 Å². The lowest BCUT2D eigenvalue weighted by Gasteiger charge is -2.10. The van der Waals surface area contributed by atoms with E-state index in [-0.39, 0.29) is 5.91 Å². The van der Waals surface area contributed by atoms with Crippen LogP contribution in [0.5, 0.6) is 5.75 Å². The van der Waals surface area contributed by atoms with Crippen molar-refractivity contribution in [2.45, 2.75) is 26.7 Å². The summed E-state index contributed by atoms with van der Waals surface area (Å²) < 4.78 is 7.42. The molecule has 0 saturated carbocycles. The second-order valence-electron chi connectivity index (χ2n) is 7.01. The molecule has 0 spiro atoms. The lowest BCUT2D eigenvalue weighted by molar-refractivity contribution is -0.116. The molecule has 1 amide bonds. The fourth-order valence-corrected chi connectivity index (χ4v) is 3.18. The molecule has 1 N–H and O–H groups in total. The van der Waals surface area contributed by atoms with Crippen molar-refractivity contribution in [3.63, 3.8) is 0 Å². The van der Waals surface area contributed by atoms with E-state index in [4.69, 9.17) is 4.74 Å². The number of carbonyl (C=O) groups is 1. The van der Waals surface area contributed by atoms with Gasteiger partial charge in [-0.1, -0.05) is 30.3 Å². The van der Waals surface area contributed by atoms with Crippen molar-refractivity contribution in [1.29, 1.82) is 0 Å². The summed E-state index contributed by atoms with van der Waals surface area (Å²) in [4.78, 5) is 16.3. The minimum atomic E-state index is -0.0944. The normalized spacial score (nSPS) is 11.0. The maximum absolute atomic E-state index is 12.1. The van der Waals surface area contributed by atoms with Crippen molar-refractivity contribution in [3.8, 4) is 11.4 Å². The van der Waals surface area contributed by atoms with Crippen molar-refractivity contribution in [2.75, 3.05) is 13.7 Å². The van der Waals surface area contributed by atoms with Crippen LogP contribution >= 0.6 is 0 Å². The highest BCUT2D eigenvalue weighted by Crippen LogP contribution is 2.25. The first-order valence-corrected chi connectivity index (χ1v) is 9.76. The SMILES string of the molecule is COc1cc(/C=C/C(=O)NCCCc2ccccc2C)ccc1-n1cnc(C)c1. The van der Waals surface area contributed by atoms with Gasteiger partial charge in [0.15, 0.2) is 0 Å². The highest BCUT2D eigenvalue weighted by molar-refractivity contribution is 5.91. The Morgan fingerprint density at radius 1 is 1.21 bits per heavy atom. The van der Waals surface area contributed by atoms with Crippen LogP contribution in [0, 0.1) is 13.8 Å². The molecular formula is C24H27N3O2. The average Bonchev–Trinajstić information content (AvgIpc) is 3.16. The van der Waals surface area contributed by atoms with Gasteiger partial charge in [-0.05, 0) is 61.6 Å². The van der Waals surface area contributed by atoms with E-state index in [9.17, 15) is 4.79 Å². The molecule has 3 rings (SSSR count). The second-order valence-corrected chi connectivity index (χ2v) is 7.01. The van der Waals surface area contributed by atoms with Crippen LogP contribution in [-0.2, 0) is 11.2 Å². The molecule has 150 valence electrons. The molecule has 0 bridgehead atoms. The largest absolute Gasteiger partial charge is 0.495 e. The molecule has 1 aromatic heterocycles. The lowest BCUT2D eigenvalue weighted by Crippen LogP contribution is -2.22. The molecule has 5 nitrogen and oxygen atoms in total. The van der Waals surface area contributed by atoms with Gasteiger partial charge in [-0.25, -0.2) is 4.98 Å². The Bertz CT molecular complexity index is 1000. The van der Waals surface area contributed by atoms with E-state index in [1.165, 1.54) is 11.1 Å². The van der Waals surface area contributed by atoms with E-state index in [1.54, 1.807) is 25.6 Å². The molecule has 1 heterocycles. The Morgan fingerprint density at radius 2 is 2.03 bits per heavy atom. The van der Waals surface area contributed by atoms with E-state index in [2.05, 4.69) is 35.4 Å². The quantitative estimate of drug-likeness (QED) is 0.463. The maximum Gasteiger partial charge on any atom is 0.243 e. The van der Waals surface area contributed by atoms with Gasteiger partial charge in [0.1, 0.15) is 5.75 Å². The molecule has 5 heteroatoms. The number of benzene rings is 2. The van der Waals surface area contributed by atoms with Crippen molar-refractivity contribution < 1.29 is 9.53 Å². The standard InChI is InChI=1S/C24H27N3O2/c1-18-7-4-5-8-21(18)9-6-14-25-24(28)13-11-20-10-12-22(23(15-20)29-3)27-16-19(2)26-17-27/h4-5,7-8,10-13,15-17H,6,9,14H2,1-3H3,(H,25,28)/b13-11+.